The zero-order valence-electron chi connectivity index (χ0n) is 14.8. The van der Waals surface area contributed by atoms with E-state index in [9.17, 15) is 0 Å². The van der Waals surface area contributed by atoms with E-state index in [4.69, 9.17) is 5.73 Å². The summed E-state index contributed by atoms with van der Waals surface area (Å²) in [5, 5.41) is 4.39. The van der Waals surface area contributed by atoms with Crippen molar-refractivity contribution < 1.29 is 0 Å². The molecule has 1 rings (SSSR count). The molecule has 0 saturated carbocycles. The van der Waals surface area contributed by atoms with Crippen LogP contribution in [0.2, 0.25) is 0 Å². The first-order valence-electron chi connectivity index (χ1n) is 8.29. The van der Waals surface area contributed by atoms with Crippen LogP contribution in [0.5, 0.6) is 0 Å². The highest BCUT2D eigenvalue weighted by atomic mass is 15.3. The highest BCUT2D eigenvalue weighted by Gasteiger charge is 2.22. The Balaban J connectivity index is 2.87. The fourth-order valence-corrected chi connectivity index (χ4v) is 2.59. The van der Waals surface area contributed by atoms with Crippen molar-refractivity contribution in [2.45, 2.75) is 53.5 Å². The van der Waals surface area contributed by atoms with Crippen molar-refractivity contribution in [2.24, 2.45) is 24.6 Å². The van der Waals surface area contributed by atoms with Gasteiger partial charge in [-0.1, -0.05) is 27.7 Å². The van der Waals surface area contributed by atoms with E-state index in [1.54, 1.807) is 0 Å². The molecule has 122 valence electrons. The molecule has 1 heterocycles. The summed E-state index contributed by atoms with van der Waals surface area (Å²) in [6, 6.07) is 0.288. The Labute approximate surface area is 130 Å². The van der Waals surface area contributed by atoms with Crippen molar-refractivity contribution in [1.29, 1.82) is 0 Å². The van der Waals surface area contributed by atoms with E-state index in [1.807, 2.05) is 17.9 Å². The molecule has 0 spiro atoms. The van der Waals surface area contributed by atoms with Crippen LogP contribution in [0.15, 0.2) is 6.20 Å². The lowest BCUT2D eigenvalue weighted by Gasteiger charge is -2.32. The van der Waals surface area contributed by atoms with Crippen LogP contribution in [0, 0.1) is 18.8 Å². The molecule has 0 aliphatic carbocycles. The number of nitrogens with two attached hydrogens (primary N) is 1. The van der Waals surface area contributed by atoms with Gasteiger partial charge in [-0.3, -0.25) is 9.58 Å². The number of rotatable bonds is 9. The summed E-state index contributed by atoms with van der Waals surface area (Å²) in [5.41, 5.74) is 8.63. The van der Waals surface area contributed by atoms with Gasteiger partial charge in [0.15, 0.2) is 0 Å². The van der Waals surface area contributed by atoms with E-state index in [0.717, 1.165) is 24.9 Å². The van der Waals surface area contributed by atoms with Gasteiger partial charge < -0.3 is 5.73 Å². The fourth-order valence-electron chi connectivity index (χ4n) is 2.59. The fraction of sp³-hybridized carbons (Fsp3) is 0.824. The number of nitrogens with zero attached hydrogens (tertiary/aromatic N) is 3. The third kappa shape index (κ3) is 5.44. The molecular formula is C17H34N4. The second kappa shape index (κ2) is 8.54. The van der Waals surface area contributed by atoms with E-state index in [0.29, 0.717) is 6.54 Å². The van der Waals surface area contributed by atoms with Crippen LogP contribution in [0.4, 0.5) is 0 Å². The third-order valence-electron chi connectivity index (χ3n) is 4.28. The second-order valence-electron chi connectivity index (χ2n) is 6.96. The molecule has 0 radical (unpaired) electrons. The average Bonchev–Trinajstić information content (AvgIpc) is 2.73. The minimum absolute atomic E-state index is 0.288. The molecule has 21 heavy (non-hydrogen) atoms. The molecule has 0 saturated heterocycles. The molecule has 4 heteroatoms. The maximum absolute atomic E-state index is 6.12. The van der Waals surface area contributed by atoms with Gasteiger partial charge in [-0.15, -0.1) is 0 Å². The smallest absolute Gasteiger partial charge is 0.0540 e. The van der Waals surface area contributed by atoms with E-state index in [2.05, 4.69) is 44.6 Å². The van der Waals surface area contributed by atoms with Crippen LogP contribution in [0.1, 0.15) is 57.8 Å². The Morgan fingerprint density at radius 3 is 2.00 bits per heavy atom. The normalized spacial score (nSPS) is 13.6. The lowest BCUT2D eigenvalue weighted by molar-refractivity contribution is 0.180. The first kappa shape index (κ1) is 18.2. The predicted octanol–water partition coefficient (Wildman–Crippen LogP) is 3.12. The van der Waals surface area contributed by atoms with Crippen molar-refractivity contribution in [3.05, 3.63) is 17.5 Å². The molecule has 4 nitrogen and oxygen atoms in total. The van der Waals surface area contributed by atoms with Crippen LogP contribution in [0.25, 0.3) is 0 Å². The van der Waals surface area contributed by atoms with Crippen molar-refractivity contribution >= 4 is 0 Å². The van der Waals surface area contributed by atoms with Crippen molar-refractivity contribution in [1.82, 2.24) is 14.7 Å². The molecule has 1 atom stereocenters. The van der Waals surface area contributed by atoms with Crippen molar-refractivity contribution in [3.63, 3.8) is 0 Å². The van der Waals surface area contributed by atoms with Gasteiger partial charge in [0.1, 0.15) is 0 Å². The topological polar surface area (TPSA) is 47.1 Å². The van der Waals surface area contributed by atoms with E-state index in [-0.39, 0.29) is 6.04 Å². The zero-order chi connectivity index (χ0) is 16.0. The molecule has 2 N–H and O–H groups in total. The van der Waals surface area contributed by atoms with Gasteiger partial charge in [0.25, 0.3) is 0 Å². The molecule has 0 aromatic carbocycles. The van der Waals surface area contributed by atoms with E-state index in [1.165, 1.54) is 24.1 Å². The summed E-state index contributed by atoms with van der Waals surface area (Å²) in [6.07, 6.45) is 4.42. The molecule has 0 aliphatic rings. The predicted molar refractivity (Wildman–Crippen MR) is 90.2 cm³/mol. The van der Waals surface area contributed by atoms with Gasteiger partial charge >= 0.3 is 0 Å². The minimum atomic E-state index is 0.288. The molecule has 0 aliphatic heterocycles. The van der Waals surface area contributed by atoms with Gasteiger partial charge in [-0.05, 0) is 44.7 Å². The SMILES string of the molecule is Cc1c(C(CN)N(CCC(C)C)CCC(C)C)cnn1C. The molecular weight excluding hydrogens is 260 g/mol. The molecule has 1 aromatic heterocycles. The number of hydrogen-bond acceptors (Lipinski definition) is 3. The Hall–Kier alpha value is -0.870. The monoisotopic (exact) mass is 294 g/mol. The third-order valence-corrected chi connectivity index (χ3v) is 4.28. The van der Waals surface area contributed by atoms with Gasteiger partial charge in [0.2, 0.25) is 0 Å². The molecule has 0 amide bonds. The molecule has 0 fully saturated rings. The van der Waals surface area contributed by atoms with Crippen LogP contribution >= 0.6 is 0 Å². The summed E-state index contributed by atoms with van der Waals surface area (Å²) in [7, 11) is 2.00. The number of hydrogen-bond donors (Lipinski definition) is 1. The molecule has 1 aromatic rings. The summed E-state index contributed by atoms with van der Waals surface area (Å²) in [6.45, 7) is 14.2. The summed E-state index contributed by atoms with van der Waals surface area (Å²) in [5.74, 6) is 1.44. The number of aryl methyl sites for hydroxylation is 1. The average molecular weight is 294 g/mol. The van der Waals surface area contributed by atoms with Crippen LogP contribution in [0.3, 0.4) is 0 Å². The zero-order valence-corrected chi connectivity index (χ0v) is 14.8. The van der Waals surface area contributed by atoms with E-state index >= 15 is 0 Å². The van der Waals surface area contributed by atoms with Gasteiger partial charge in [0.05, 0.1) is 12.2 Å². The highest BCUT2D eigenvalue weighted by Crippen LogP contribution is 2.24. The lowest BCUT2D eigenvalue weighted by Crippen LogP contribution is -2.36. The first-order chi connectivity index (χ1) is 9.86. The van der Waals surface area contributed by atoms with Crippen molar-refractivity contribution in [2.75, 3.05) is 19.6 Å². The summed E-state index contributed by atoms with van der Waals surface area (Å²) < 4.78 is 1.95. The quantitative estimate of drug-likeness (QED) is 0.761. The Morgan fingerprint density at radius 1 is 1.14 bits per heavy atom. The summed E-state index contributed by atoms with van der Waals surface area (Å²) in [4.78, 5) is 2.56. The van der Waals surface area contributed by atoms with Crippen molar-refractivity contribution in [3.8, 4) is 0 Å². The van der Waals surface area contributed by atoms with Crippen LogP contribution in [-0.2, 0) is 7.05 Å². The maximum Gasteiger partial charge on any atom is 0.0540 e. The maximum atomic E-state index is 6.12. The van der Waals surface area contributed by atoms with Gasteiger partial charge in [-0.2, -0.15) is 5.10 Å². The summed E-state index contributed by atoms with van der Waals surface area (Å²) >= 11 is 0. The largest absolute Gasteiger partial charge is 0.329 e. The van der Waals surface area contributed by atoms with Crippen LogP contribution in [-0.4, -0.2) is 34.3 Å². The molecule has 1 unspecified atom stereocenters. The minimum Gasteiger partial charge on any atom is -0.329 e. The standard InChI is InChI=1S/C17H34N4/c1-13(2)7-9-21(10-8-14(3)4)17(11-18)16-12-19-20(6)15(16)5/h12-14,17H,7-11,18H2,1-6H3. The Bertz CT molecular complexity index is 397. The molecule has 0 bridgehead atoms. The highest BCUT2D eigenvalue weighted by molar-refractivity contribution is 5.21. The number of aromatic nitrogens is 2. The Morgan fingerprint density at radius 2 is 1.67 bits per heavy atom. The van der Waals surface area contributed by atoms with E-state index < -0.39 is 0 Å². The first-order valence-corrected chi connectivity index (χ1v) is 8.29. The van der Waals surface area contributed by atoms with Gasteiger partial charge in [-0.25, -0.2) is 0 Å². The second-order valence-corrected chi connectivity index (χ2v) is 6.96. The lowest BCUT2D eigenvalue weighted by atomic mass is 10.0. The van der Waals surface area contributed by atoms with Gasteiger partial charge in [0, 0.05) is 24.8 Å². The van der Waals surface area contributed by atoms with Crippen LogP contribution < -0.4 is 5.73 Å². The Kier molecular flexibility index (Phi) is 7.40.